The highest BCUT2D eigenvalue weighted by Crippen LogP contribution is 2.06. The molecule has 0 amide bonds. The van der Waals surface area contributed by atoms with Gasteiger partial charge in [-0.15, -0.1) is 0 Å². The van der Waals surface area contributed by atoms with E-state index in [1.165, 1.54) is 5.57 Å². The van der Waals surface area contributed by atoms with Crippen molar-refractivity contribution in [2.75, 3.05) is 0 Å². The molecule has 0 fully saturated rings. The molecule has 0 nitrogen and oxygen atoms in total. The van der Waals surface area contributed by atoms with Crippen LogP contribution in [-0.2, 0) is 0 Å². The van der Waals surface area contributed by atoms with Crippen molar-refractivity contribution in [2.45, 2.75) is 12.8 Å². The predicted molar refractivity (Wildman–Crippen MR) is 36.7 cm³/mol. The lowest BCUT2D eigenvalue weighted by Crippen LogP contribution is -1.65. The first-order valence-electron chi connectivity index (χ1n) is 2.89. The summed E-state index contributed by atoms with van der Waals surface area (Å²) in [5.41, 5.74) is 1.21. The van der Waals surface area contributed by atoms with Crippen LogP contribution in [0.5, 0.6) is 0 Å². The van der Waals surface area contributed by atoms with Gasteiger partial charge in [0, 0.05) is 0 Å². The van der Waals surface area contributed by atoms with Crippen molar-refractivity contribution < 1.29 is 0 Å². The van der Waals surface area contributed by atoms with E-state index in [0.717, 1.165) is 12.8 Å². The summed E-state index contributed by atoms with van der Waals surface area (Å²) in [7, 11) is 0. The Labute approximate surface area is 50.2 Å². The van der Waals surface area contributed by atoms with E-state index in [1.54, 1.807) is 0 Å². The van der Waals surface area contributed by atoms with E-state index in [4.69, 9.17) is 0 Å². The van der Waals surface area contributed by atoms with Gasteiger partial charge in [-0.05, 0) is 12.8 Å². The lowest BCUT2D eigenvalue weighted by atomic mass is 10.2. The zero-order chi connectivity index (χ0) is 5.82. The van der Waals surface area contributed by atoms with Crippen LogP contribution in [0.15, 0.2) is 36.5 Å². The lowest BCUT2D eigenvalue weighted by molar-refractivity contribution is 1.31. The van der Waals surface area contributed by atoms with Crippen LogP contribution >= 0.6 is 0 Å². The monoisotopic (exact) mass is 106 g/mol. The molecule has 0 aliphatic heterocycles. The van der Waals surface area contributed by atoms with E-state index in [9.17, 15) is 0 Å². The third-order valence-corrected chi connectivity index (χ3v) is 1.17. The topological polar surface area (TPSA) is 0 Å². The summed E-state index contributed by atoms with van der Waals surface area (Å²) in [5, 5.41) is 0. The molecule has 1 aliphatic carbocycles. The van der Waals surface area contributed by atoms with Gasteiger partial charge in [0.1, 0.15) is 0 Å². The second-order valence-corrected chi connectivity index (χ2v) is 1.97. The van der Waals surface area contributed by atoms with Gasteiger partial charge in [-0.2, -0.15) is 0 Å². The average molecular weight is 106 g/mol. The molecule has 0 heteroatoms. The van der Waals surface area contributed by atoms with E-state index in [0.29, 0.717) is 0 Å². The first kappa shape index (κ1) is 5.36. The minimum Gasteiger partial charge on any atom is -0.0955 e. The van der Waals surface area contributed by atoms with Gasteiger partial charge in [-0.25, -0.2) is 0 Å². The molecular formula is C8H10. The van der Waals surface area contributed by atoms with Gasteiger partial charge >= 0.3 is 0 Å². The second kappa shape index (κ2) is 2.51. The molecule has 0 N–H and O–H groups in total. The molecular weight excluding hydrogens is 96.1 g/mol. The lowest BCUT2D eigenvalue weighted by Gasteiger charge is -1.85. The standard InChI is InChI=1S/C8H10/c1-8-6-4-2-3-5-7-8/h2,4-5,7H,1,3,6H2. The van der Waals surface area contributed by atoms with E-state index in [-0.39, 0.29) is 0 Å². The summed E-state index contributed by atoms with van der Waals surface area (Å²) in [6, 6.07) is 0. The summed E-state index contributed by atoms with van der Waals surface area (Å²) in [6.07, 6.45) is 10.6. The molecule has 1 aliphatic rings. The Hall–Kier alpha value is -0.780. The number of hydrogen-bond donors (Lipinski definition) is 0. The molecule has 0 heterocycles. The largest absolute Gasteiger partial charge is 0.0955 e. The minimum absolute atomic E-state index is 1.02. The van der Waals surface area contributed by atoms with E-state index >= 15 is 0 Å². The predicted octanol–water partition coefficient (Wildman–Crippen LogP) is 2.45. The number of rotatable bonds is 0. The molecule has 42 valence electrons. The maximum Gasteiger partial charge on any atom is -0.0103 e. The van der Waals surface area contributed by atoms with Crippen molar-refractivity contribution in [3.05, 3.63) is 36.5 Å². The number of allylic oxidation sites excluding steroid dienone is 5. The van der Waals surface area contributed by atoms with E-state index < -0.39 is 0 Å². The van der Waals surface area contributed by atoms with Gasteiger partial charge in [0.05, 0.1) is 0 Å². The molecule has 0 saturated carbocycles. The quantitative estimate of drug-likeness (QED) is 0.416. The maximum absolute atomic E-state index is 3.84. The highest BCUT2D eigenvalue weighted by Gasteiger charge is 1.85. The fourth-order valence-electron chi connectivity index (χ4n) is 0.712. The van der Waals surface area contributed by atoms with E-state index in [1.807, 2.05) is 0 Å². The third-order valence-electron chi connectivity index (χ3n) is 1.17. The molecule has 0 bridgehead atoms. The Kier molecular flexibility index (Phi) is 1.68. The highest BCUT2D eigenvalue weighted by atomic mass is 13.9. The normalized spacial score (nSPS) is 18.8. The van der Waals surface area contributed by atoms with Gasteiger partial charge in [0.25, 0.3) is 0 Å². The Bertz CT molecular complexity index is 138. The molecule has 0 spiro atoms. The first-order valence-corrected chi connectivity index (χ1v) is 2.89. The number of hydrogen-bond acceptors (Lipinski definition) is 0. The van der Waals surface area contributed by atoms with Crippen molar-refractivity contribution in [2.24, 2.45) is 0 Å². The average Bonchev–Trinajstić information content (AvgIpc) is 1.94. The van der Waals surface area contributed by atoms with Gasteiger partial charge in [0.15, 0.2) is 0 Å². The zero-order valence-corrected chi connectivity index (χ0v) is 4.93. The molecule has 8 heavy (non-hydrogen) atoms. The summed E-state index contributed by atoms with van der Waals surface area (Å²) < 4.78 is 0. The Morgan fingerprint density at radius 2 is 2.12 bits per heavy atom. The van der Waals surface area contributed by atoms with Crippen molar-refractivity contribution in [1.29, 1.82) is 0 Å². The van der Waals surface area contributed by atoms with E-state index in [2.05, 4.69) is 30.9 Å². The molecule has 0 radical (unpaired) electrons. The van der Waals surface area contributed by atoms with Crippen LogP contribution in [0, 0.1) is 0 Å². The summed E-state index contributed by atoms with van der Waals surface area (Å²) in [5.74, 6) is 0. The fraction of sp³-hybridized carbons (Fsp3) is 0.250. The Morgan fingerprint density at radius 1 is 1.25 bits per heavy atom. The van der Waals surface area contributed by atoms with Crippen molar-refractivity contribution >= 4 is 0 Å². The minimum atomic E-state index is 1.02. The summed E-state index contributed by atoms with van der Waals surface area (Å²) in [6.45, 7) is 3.84. The molecule has 1 rings (SSSR count). The van der Waals surface area contributed by atoms with Gasteiger partial charge in [-0.3, -0.25) is 0 Å². The SMILES string of the molecule is C=C1C=CCC=CC1. The molecule has 0 aromatic carbocycles. The first-order chi connectivity index (χ1) is 3.89. The van der Waals surface area contributed by atoms with Gasteiger partial charge < -0.3 is 0 Å². The summed E-state index contributed by atoms with van der Waals surface area (Å²) >= 11 is 0. The van der Waals surface area contributed by atoms with Gasteiger partial charge in [0.2, 0.25) is 0 Å². The van der Waals surface area contributed by atoms with Crippen molar-refractivity contribution in [3.63, 3.8) is 0 Å². The highest BCUT2D eigenvalue weighted by molar-refractivity contribution is 5.21. The van der Waals surface area contributed by atoms with Crippen LogP contribution in [0.4, 0.5) is 0 Å². The van der Waals surface area contributed by atoms with Crippen LogP contribution < -0.4 is 0 Å². The summed E-state index contributed by atoms with van der Waals surface area (Å²) in [4.78, 5) is 0. The molecule has 0 atom stereocenters. The van der Waals surface area contributed by atoms with Crippen LogP contribution in [0.1, 0.15) is 12.8 Å². The smallest absolute Gasteiger partial charge is 0.0103 e. The Balaban J connectivity index is 2.61. The van der Waals surface area contributed by atoms with Crippen LogP contribution in [-0.4, -0.2) is 0 Å². The maximum atomic E-state index is 3.84. The van der Waals surface area contributed by atoms with Gasteiger partial charge in [-0.1, -0.05) is 36.5 Å². The molecule has 0 unspecified atom stereocenters. The van der Waals surface area contributed by atoms with Crippen LogP contribution in [0.2, 0.25) is 0 Å². The van der Waals surface area contributed by atoms with Crippen LogP contribution in [0.25, 0.3) is 0 Å². The van der Waals surface area contributed by atoms with Crippen molar-refractivity contribution in [3.8, 4) is 0 Å². The second-order valence-electron chi connectivity index (χ2n) is 1.97. The zero-order valence-electron chi connectivity index (χ0n) is 4.93. The van der Waals surface area contributed by atoms with Crippen LogP contribution in [0.3, 0.4) is 0 Å². The Morgan fingerprint density at radius 3 is 3.00 bits per heavy atom. The molecule has 0 aromatic rings. The fourth-order valence-corrected chi connectivity index (χ4v) is 0.712. The third kappa shape index (κ3) is 1.38. The molecule has 0 aromatic heterocycles. The molecule has 0 saturated heterocycles. The van der Waals surface area contributed by atoms with Crippen molar-refractivity contribution in [1.82, 2.24) is 0 Å².